The number of anilines is 1. The molecule has 0 amide bonds. The topological polar surface area (TPSA) is 69.1 Å². The second-order valence-corrected chi connectivity index (χ2v) is 3.98. The van der Waals surface area contributed by atoms with Crippen molar-refractivity contribution in [3.8, 4) is 5.69 Å². The fourth-order valence-corrected chi connectivity index (χ4v) is 1.37. The van der Waals surface area contributed by atoms with Gasteiger partial charge in [-0.25, -0.2) is 0 Å². The predicted octanol–water partition coefficient (Wildman–Crippen LogP) is 1.68. The lowest BCUT2D eigenvalue weighted by Crippen LogP contribution is -2.03. The molecule has 0 aliphatic rings. The Balaban J connectivity index is 2.34. The van der Waals surface area contributed by atoms with E-state index in [2.05, 4.69) is 15.3 Å². The van der Waals surface area contributed by atoms with E-state index < -0.39 is 0 Å². The van der Waals surface area contributed by atoms with Gasteiger partial charge in [-0.3, -0.25) is 4.99 Å². The zero-order chi connectivity index (χ0) is 12.3. The van der Waals surface area contributed by atoms with Crippen molar-refractivity contribution in [3.05, 3.63) is 36.0 Å². The van der Waals surface area contributed by atoms with E-state index in [1.165, 1.54) is 0 Å². The van der Waals surface area contributed by atoms with Crippen molar-refractivity contribution in [2.24, 2.45) is 4.99 Å². The SMILES string of the molecule is CC(C)N=Cc1nnn(-c2ccccc2)c1N. The lowest BCUT2D eigenvalue weighted by molar-refractivity contribution is 0.808. The molecular formula is C12H15N5. The molecule has 1 aromatic carbocycles. The van der Waals surface area contributed by atoms with Crippen molar-refractivity contribution >= 4 is 12.0 Å². The van der Waals surface area contributed by atoms with Gasteiger partial charge in [0.25, 0.3) is 0 Å². The maximum atomic E-state index is 5.97. The van der Waals surface area contributed by atoms with Gasteiger partial charge in [0.15, 0.2) is 5.82 Å². The van der Waals surface area contributed by atoms with Crippen molar-refractivity contribution in [2.45, 2.75) is 19.9 Å². The largest absolute Gasteiger partial charge is 0.382 e. The van der Waals surface area contributed by atoms with Gasteiger partial charge in [-0.1, -0.05) is 23.4 Å². The Hall–Kier alpha value is -2.17. The van der Waals surface area contributed by atoms with E-state index in [0.29, 0.717) is 11.5 Å². The lowest BCUT2D eigenvalue weighted by atomic mass is 10.3. The molecule has 0 spiro atoms. The van der Waals surface area contributed by atoms with Crippen LogP contribution in [-0.4, -0.2) is 27.3 Å². The molecule has 1 aromatic heterocycles. The Labute approximate surface area is 100.0 Å². The van der Waals surface area contributed by atoms with Gasteiger partial charge in [0, 0.05) is 6.04 Å². The zero-order valence-corrected chi connectivity index (χ0v) is 9.91. The van der Waals surface area contributed by atoms with E-state index in [-0.39, 0.29) is 6.04 Å². The number of hydrogen-bond donors (Lipinski definition) is 1. The first-order chi connectivity index (χ1) is 8.18. The Bertz CT molecular complexity index is 513. The molecule has 0 aliphatic heterocycles. The summed E-state index contributed by atoms with van der Waals surface area (Å²) in [6, 6.07) is 9.87. The highest BCUT2D eigenvalue weighted by molar-refractivity contribution is 5.83. The molecule has 5 heteroatoms. The third kappa shape index (κ3) is 2.50. The summed E-state index contributed by atoms with van der Waals surface area (Å²) in [5.41, 5.74) is 7.46. The number of aromatic nitrogens is 3. The third-order valence-corrected chi connectivity index (χ3v) is 2.23. The minimum atomic E-state index is 0.219. The number of aliphatic imine (C=N–C) groups is 1. The molecule has 2 N–H and O–H groups in total. The molecule has 0 aliphatic carbocycles. The zero-order valence-electron chi connectivity index (χ0n) is 9.91. The second-order valence-electron chi connectivity index (χ2n) is 3.98. The first kappa shape index (κ1) is 11.3. The van der Waals surface area contributed by atoms with Crippen LogP contribution in [0.15, 0.2) is 35.3 Å². The molecule has 0 saturated heterocycles. The molecule has 5 nitrogen and oxygen atoms in total. The van der Waals surface area contributed by atoms with Gasteiger partial charge in [-0.15, -0.1) is 5.10 Å². The molecule has 0 bridgehead atoms. The average Bonchev–Trinajstić information content (AvgIpc) is 2.69. The van der Waals surface area contributed by atoms with Crippen LogP contribution in [0.5, 0.6) is 0 Å². The van der Waals surface area contributed by atoms with Crippen LogP contribution in [0.4, 0.5) is 5.82 Å². The highest BCUT2D eigenvalue weighted by Crippen LogP contribution is 2.13. The highest BCUT2D eigenvalue weighted by Gasteiger charge is 2.08. The quantitative estimate of drug-likeness (QED) is 0.814. The van der Waals surface area contributed by atoms with Crippen LogP contribution in [0.2, 0.25) is 0 Å². The second kappa shape index (κ2) is 4.78. The molecule has 0 radical (unpaired) electrons. The average molecular weight is 229 g/mol. The van der Waals surface area contributed by atoms with Crippen molar-refractivity contribution in [2.75, 3.05) is 5.73 Å². The molecule has 88 valence electrons. The number of hydrogen-bond acceptors (Lipinski definition) is 4. The number of rotatable bonds is 3. The smallest absolute Gasteiger partial charge is 0.156 e. The number of benzene rings is 1. The van der Waals surface area contributed by atoms with Gasteiger partial charge in [0.05, 0.1) is 11.9 Å². The Morgan fingerprint density at radius 3 is 2.65 bits per heavy atom. The molecule has 17 heavy (non-hydrogen) atoms. The molecule has 0 atom stereocenters. The Kier molecular flexibility index (Phi) is 3.18. The standard InChI is InChI=1S/C12H15N5/c1-9(2)14-8-11-12(13)17(16-15-11)10-6-4-3-5-7-10/h3-9H,13H2,1-2H3. The minimum Gasteiger partial charge on any atom is -0.382 e. The number of nitrogens with two attached hydrogens (primary N) is 1. The van der Waals surface area contributed by atoms with Crippen molar-refractivity contribution in [1.29, 1.82) is 0 Å². The minimum absolute atomic E-state index is 0.219. The predicted molar refractivity (Wildman–Crippen MR) is 68.5 cm³/mol. The van der Waals surface area contributed by atoms with Crippen LogP contribution in [0, 0.1) is 0 Å². The van der Waals surface area contributed by atoms with Crippen LogP contribution in [0.1, 0.15) is 19.5 Å². The summed E-state index contributed by atoms with van der Waals surface area (Å²) in [4.78, 5) is 4.24. The van der Waals surface area contributed by atoms with Crippen molar-refractivity contribution in [3.63, 3.8) is 0 Å². The highest BCUT2D eigenvalue weighted by atomic mass is 15.5. The van der Waals surface area contributed by atoms with Crippen LogP contribution in [0.3, 0.4) is 0 Å². The maximum absolute atomic E-state index is 5.97. The van der Waals surface area contributed by atoms with Crippen molar-refractivity contribution < 1.29 is 0 Å². The maximum Gasteiger partial charge on any atom is 0.156 e. The van der Waals surface area contributed by atoms with E-state index in [1.54, 1.807) is 10.9 Å². The van der Waals surface area contributed by atoms with E-state index in [9.17, 15) is 0 Å². The van der Waals surface area contributed by atoms with E-state index >= 15 is 0 Å². The summed E-state index contributed by atoms with van der Waals surface area (Å²) < 4.78 is 1.60. The fourth-order valence-electron chi connectivity index (χ4n) is 1.37. The molecule has 2 rings (SSSR count). The summed E-state index contributed by atoms with van der Waals surface area (Å²) in [5, 5.41) is 8.02. The van der Waals surface area contributed by atoms with E-state index in [4.69, 9.17) is 5.73 Å². The van der Waals surface area contributed by atoms with Gasteiger partial charge in [-0.2, -0.15) is 4.68 Å². The number of nitrogen functional groups attached to an aromatic ring is 1. The third-order valence-electron chi connectivity index (χ3n) is 2.23. The first-order valence-corrected chi connectivity index (χ1v) is 5.48. The summed E-state index contributed by atoms with van der Waals surface area (Å²) in [7, 11) is 0. The number of nitrogens with zero attached hydrogens (tertiary/aromatic N) is 4. The van der Waals surface area contributed by atoms with Gasteiger partial charge in [0.2, 0.25) is 0 Å². The van der Waals surface area contributed by atoms with Crippen LogP contribution >= 0.6 is 0 Å². The normalized spacial score (nSPS) is 11.5. The van der Waals surface area contributed by atoms with Gasteiger partial charge >= 0.3 is 0 Å². The van der Waals surface area contributed by atoms with E-state index in [1.807, 2.05) is 44.2 Å². The van der Waals surface area contributed by atoms with Gasteiger partial charge < -0.3 is 5.73 Å². The monoisotopic (exact) mass is 229 g/mol. The van der Waals surface area contributed by atoms with Crippen LogP contribution in [0.25, 0.3) is 5.69 Å². The molecule has 0 fully saturated rings. The first-order valence-electron chi connectivity index (χ1n) is 5.48. The molecule has 1 heterocycles. The van der Waals surface area contributed by atoms with Gasteiger partial charge in [-0.05, 0) is 26.0 Å². The Morgan fingerprint density at radius 1 is 1.29 bits per heavy atom. The summed E-state index contributed by atoms with van der Waals surface area (Å²) >= 11 is 0. The summed E-state index contributed by atoms with van der Waals surface area (Å²) in [6.45, 7) is 3.99. The fraction of sp³-hybridized carbons (Fsp3) is 0.250. The number of para-hydroxylation sites is 1. The summed E-state index contributed by atoms with van der Waals surface area (Å²) in [6.07, 6.45) is 1.66. The molecular weight excluding hydrogens is 214 g/mol. The summed E-state index contributed by atoms with van der Waals surface area (Å²) in [5.74, 6) is 0.501. The van der Waals surface area contributed by atoms with E-state index in [0.717, 1.165) is 5.69 Å². The Morgan fingerprint density at radius 2 is 2.00 bits per heavy atom. The van der Waals surface area contributed by atoms with Crippen LogP contribution < -0.4 is 5.73 Å². The molecule has 0 unspecified atom stereocenters. The van der Waals surface area contributed by atoms with Gasteiger partial charge in [0.1, 0.15) is 5.69 Å². The molecule has 0 saturated carbocycles. The van der Waals surface area contributed by atoms with Crippen molar-refractivity contribution in [1.82, 2.24) is 15.0 Å². The molecule has 2 aromatic rings. The van der Waals surface area contributed by atoms with Crippen LogP contribution in [-0.2, 0) is 0 Å². The lowest BCUT2D eigenvalue weighted by Gasteiger charge is -2.01.